The smallest absolute Gasteiger partial charge is 0.224 e. The van der Waals surface area contributed by atoms with Crippen LogP contribution in [0.2, 0.25) is 18.1 Å². The van der Waals surface area contributed by atoms with Crippen molar-refractivity contribution < 1.29 is 9.22 Å². The van der Waals surface area contributed by atoms with Crippen molar-refractivity contribution >= 4 is 14.2 Å². The Morgan fingerprint density at radius 3 is 2.12 bits per heavy atom. The van der Waals surface area contributed by atoms with Gasteiger partial charge in [0.15, 0.2) is 8.32 Å². The number of carbonyl (C=O) groups is 1. The van der Waals surface area contributed by atoms with Crippen LogP contribution < -0.4 is 0 Å². The van der Waals surface area contributed by atoms with E-state index in [-0.39, 0.29) is 29.0 Å². The van der Waals surface area contributed by atoms with Crippen LogP contribution in [-0.4, -0.2) is 25.2 Å². The highest BCUT2D eigenvalue weighted by Crippen LogP contribution is 2.40. The van der Waals surface area contributed by atoms with Crippen molar-refractivity contribution in [2.75, 3.05) is 0 Å². The maximum atomic E-state index is 13.7. The molecule has 0 aliphatic carbocycles. The van der Waals surface area contributed by atoms with Gasteiger partial charge in [-0.05, 0) is 35.2 Å². The average molecular weight is 450 g/mol. The van der Waals surface area contributed by atoms with E-state index in [9.17, 15) is 4.79 Å². The Labute approximate surface area is 195 Å². The van der Waals surface area contributed by atoms with Gasteiger partial charge < -0.3 is 9.33 Å². The van der Waals surface area contributed by atoms with Crippen LogP contribution in [0.5, 0.6) is 0 Å². The highest BCUT2D eigenvalue weighted by Gasteiger charge is 2.41. The molecule has 3 nitrogen and oxygen atoms in total. The van der Waals surface area contributed by atoms with Gasteiger partial charge in [0.1, 0.15) is 0 Å². The fraction of sp³-hybridized carbons (Fsp3) is 0.464. The summed E-state index contributed by atoms with van der Waals surface area (Å²) in [5.41, 5.74) is 2.28. The average Bonchev–Trinajstić information content (AvgIpc) is 2.75. The molecule has 1 heterocycles. The van der Waals surface area contributed by atoms with E-state index >= 15 is 0 Å². The summed E-state index contributed by atoms with van der Waals surface area (Å²) < 4.78 is 6.85. The van der Waals surface area contributed by atoms with E-state index in [0.29, 0.717) is 13.0 Å². The normalized spacial score (nSPS) is 23.5. The summed E-state index contributed by atoms with van der Waals surface area (Å²) in [4.78, 5) is 15.7. The van der Waals surface area contributed by atoms with E-state index in [1.807, 2.05) is 41.3 Å². The molecule has 0 spiro atoms. The molecule has 0 saturated carbocycles. The summed E-state index contributed by atoms with van der Waals surface area (Å²) in [6.45, 7) is 14.2. The van der Waals surface area contributed by atoms with Gasteiger partial charge in [0, 0.05) is 13.0 Å². The van der Waals surface area contributed by atoms with E-state index < -0.39 is 8.32 Å². The molecule has 2 aromatic rings. The first-order chi connectivity index (χ1) is 15.1. The molecule has 3 rings (SSSR count). The molecular formula is C28H39NO2Si. The SMILES string of the molecule is CC[C@@H]1CC(=O)N(Cc2ccccc2)[C@@H](c2ccccc2)/C=C\[C@@H]1O[Si](C)(C)C(C)(C)C. The number of amides is 1. The molecule has 4 heteroatoms. The molecule has 0 radical (unpaired) electrons. The lowest BCUT2D eigenvalue weighted by molar-refractivity contribution is -0.135. The van der Waals surface area contributed by atoms with Crippen molar-refractivity contribution in [3.05, 3.63) is 83.9 Å². The molecule has 0 N–H and O–H groups in total. The molecule has 0 saturated heterocycles. The van der Waals surface area contributed by atoms with Crippen LogP contribution >= 0.6 is 0 Å². The molecule has 2 aromatic carbocycles. The van der Waals surface area contributed by atoms with Gasteiger partial charge in [-0.1, -0.05) is 107 Å². The monoisotopic (exact) mass is 449 g/mol. The Balaban J connectivity index is 2.00. The Morgan fingerprint density at radius 1 is 0.969 bits per heavy atom. The minimum absolute atomic E-state index is 0.0325. The van der Waals surface area contributed by atoms with Gasteiger partial charge in [-0.15, -0.1) is 0 Å². The van der Waals surface area contributed by atoms with Crippen molar-refractivity contribution in [1.29, 1.82) is 0 Å². The van der Waals surface area contributed by atoms with Gasteiger partial charge in [0.05, 0.1) is 12.1 Å². The van der Waals surface area contributed by atoms with Crippen LogP contribution in [0.3, 0.4) is 0 Å². The molecule has 0 bridgehead atoms. The Morgan fingerprint density at radius 2 is 1.56 bits per heavy atom. The summed E-state index contributed by atoms with van der Waals surface area (Å²) in [6.07, 6.45) is 5.85. The Hall–Kier alpha value is -2.17. The van der Waals surface area contributed by atoms with Crippen molar-refractivity contribution in [3.63, 3.8) is 0 Å². The lowest BCUT2D eigenvalue weighted by Gasteiger charge is -2.42. The lowest BCUT2D eigenvalue weighted by Crippen LogP contribution is -2.47. The van der Waals surface area contributed by atoms with E-state index in [1.54, 1.807) is 0 Å². The minimum Gasteiger partial charge on any atom is -0.410 e. The molecule has 1 aliphatic rings. The van der Waals surface area contributed by atoms with Crippen LogP contribution in [0.4, 0.5) is 0 Å². The summed E-state index contributed by atoms with van der Waals surface area (Å²) in [5, 5.41) is 0.129. The number of hydrogen-bond donors (Lipinski definition) is 0. The highest BCUT2D eigenvalue weighted by molar-refractivity contribution is 6.74. The molecule has 32 heavy (non-hydrogen) atoms. The number of rotatable bonds is 6. The topological polar surface area (TPSA) is 29.5 Å². The van der Waals surface area contributed by atoms with E-state index in [2.05, 4.69) is 77.2 Å². The zero-order valence-electron chi connectivity index (χ0n) is 20.5. The molecule has 1 amide bonds. The van der Waals surface area contributed by atoms with Gasteiger partial charge in [-0.2, -0.15) is 0 Å². The zero-order chi connectivity index (χ0) is 23.4. The summed E-state index contributed by atoms with van der Waals surface area (Å²) in [7, 11) is -1.97. The highest BCUT2D eigenvalue weighted by atomic mass is 28.4. The molecule has 0 fully saturated rings. The second kappa shape index (κ2) is 10.2. The van der Waals surface area contributed by atoms with Crippen molar-refractivity contribution in [2.45, 2.75) is 77.4 Å². The van der Waals surface area contributed by atoms with Crippen molar-refractivity contribution in [3.8, 4) is 0 Å². The predicted molar refractivity (Wildman–Crippen MR) is 136 cm³/mol. The first-order valence-corrected chi connectivity index (χ1v) is 14.8. The van der Waals surface area contributed by atoms with Gasteiger partial charge in [-0.3, -0.25) is 4.79 Å². The number of carbonyl (C=O) groups excluding carboxylic acids is 1. The largest absolute Gasteiger partial charge is 0.410 e. The Bertz CT molecular complexity index is 902. The number of benzene rings is 2. The third-order valence-electron chi connectivity index (χ3n) is 7.14. The first-order valence-electron chi connectivity index (χ1n) is 11.9. The van der Waals surface area contributed by atoms with Crippen LogP contribution in [0, 0.1) is 5.92 Å². The molecule has 3 atom stereocenters. The van der Waals surface area contributed by atoms with Crippen molar-refractivity contribution in [1.82, 2.24) is 4.90 Å². The van der Waals surface area contributed by atoms with E-state index in [0.717, 1.165) is 17.5 Å². The number of nitrogens with zero attached hydrogens (tertiary/aromatic N) is 1. The van der Waals surface area contributed by atoms with Crippen LogP contribution in [0.15, 0.2) is 72.8 Å². The quantitative estimate of drug-likeness (QED) is 0.347. The lowest BCUT2D eigenvalue weighted by atomic mass is 9.90. The van der Waals surface area contributed by atoms with Gasteiger partial charge in [0.2, 0.25) is 5.91 Å². The molecule has 0 aromatic heterocycles. The second-order valence-corrected chi connectivity index (χ2v) is 15.2. The zero-order valence-corrected chi connectivity index (χ0v) is 21.5. The standard InChI is InChI=1S/C28H39NO2Si/c1-7-23-20-27(30)29(21-22-14-10-8-11-15-22)25(24-16-12-9-13-17-24)18-19-26(23)31-32(5,6)28(2,3)4/h8-19,23,25-26H,7,20-21H2,1-6H3/b19-18-/t23-,25-,26+/m1/s1. The van der Waals surface area contributed by atoms with Crippen LogP contribution in [0.25, 0.3) is 0 Å². The Kier molecular flexibility index (Phi) is 7.78. The van der Waals surface area contributed by atoms with Gasteiger partial charge >= 0.3 is 0 Å². The molecule has 1 aliphatic heterocycles. The van der Waals surface area contributed by atoms with Gasteiger partial charge in [0.25, 0.3) is 0 Å². The summed E-state index contributed by atoms with van der Waals surface area (Å²) in [6, 6.07) is 20.5. The maximum Gasteiger partial charge on any atom is 0.224 e. The van der Waals surface area contributed by atoms with Gasteiger partial charge in [-0.25, -0.2) is 0 Å². The second-order valence-electron chi connectivity index (χ2n) is 10.5. The van der Waals surface area contributed by atoms with Crippen molar-refractivity contribution in [2.24, 2.45) is 5.92 Å². The fourth-order valence-electron chi connectivity index (χ4n) is 4.03. The predicted octanol–water partition coefficient (Wildman–Crippen LogP) is 7.13. The fourth-order valence-corrected chi connectivity index (χ4v) is 5.33. The van der Waals surface area contributed by atoms with E-state index in [1.165, 1.54) is 0 Å². The maximum absolute atomic E-state index is 13.7. The molecule has 172 valence electrons. The van der Waals surface area contributed by atoms with E-state index in [4.69, 9.17) is 4.43 Å². The molecular weight excluding hydrogens is 410 g/mol. The third-order valence-corrected chi connectivity index (χ3v) is 11.6. The summed E-state index contributed by atoms with van der Waals surface area (Å²) >= 11 is 0. The van der Waals surface area contributed by atoms with Crippen LogP contribution in [0.1, 0.15) is 57.7 Å². The van der Waals surface area contributed by atoms with Crippen LogP contribution in [-0.2, 0) is 15.8 Å². The summed E-state index contributed by atoms with van der Waals surface area (Å²) in [5.74, 6) is 0.380. The first kappa shape index (κ1) is 24.5. The number of hydrogen-bond acceptors (Lipinski definition) is 2. The third kappa shape index (κ3) is 5.79. The minimum atomic E-state index is -1.97. The molecule has 0 unspecified atom stereocenters.